The lowest BCUT2D eigenvalue weighted by atomic mass is 9.99. The van der Waals surface area contributed by atoms with E-state index < -0.39 is 0 Å². The summed E-state index contributed by atoms with van der Waals surface area (Å²) in [6.45, 7) is 11.2. The second-order valence-electron chi connectivity index (χ2n) is 5.20. The van der Waals surface area contributed by atoms with Crippen LogP contribution in [-0.2, 0) is 0 Å². The van der Waals surface area contributed by atoms with Crippen molar-refractivity contribution in [3.8, 4) is 0 Å². The van der Waals surface area contributed by atoms with Gasteiger partial charge in [0.05, 0.1) is 0 Å². The number of nitrogens with zero attached hydrogens (tertiary/aromatic N) is 2. The molecule has 0 amide bonds. The maximum atomic E-state index is 4.12. The Kier molecular flexibility index (Phi) is 4.38. The highest BCUT2D eigenvalue weighted by Gasteiger charge is 2.28. The largest absolute Gasteiger partial charge is 0.316 e. The molecule has 0 aliphatic carbocycles. The Labute approximate surface area is 99.5 Å². The van der Waals surface area contributed by atoms with Gasteiger partial charge in [-0.25, -0.2) is 0 Å². The summed E-state index contributed by atoms with van der Waals surface area (Å²) in [6, 6.07) is 0.824. The highest BCUT2D eigenvalue weighted by molar-refractivity contribution is 5.01. The van der Waals surface area contributed by atoms with Crippen LogP contribution in [-0.4, -0.2) is 62.2 Å². The molecule has 0 radical (unpaired) electrons. The summed E-state index contributed by atoms with van der Waals surface area (Å²) in [5.41, 5.74) is 1.31. The van der Waals surface area contributed by atoms with E-state index in [1.54, 1.807) is 0 Å². The molecule has 92 valence electrons. The SMILES string of the molecule is C=C(CNC)CN1CCN2CCCCC2C1. The van der Waals surface area contributed by atoms with Gasteiger partial charge in [0.2, 0.25) is 0 Å². The molecule has 0 aromatic carbocycles. The standard InChI is InChI=1S/C13H25N3/c1-12(9-14-2)10-15-7-8-16-6-4-3-5-13(16)11-15/h13-14H,1,3-11H2,2H3. The summed E-state index contributed by atoms with van der Waals surface area (Å²) < 4.78 is 0. The zero-order chi connectivity index (χ0) is 11.4. The van der Waals surface area contributed by atoms with Gasteiger partial charge >= 0.3 is 0 Å². The molecule has 1 N–H and O–H groups in total. The van der Waals surface area contributed by atoms with Crippen molar-refractivity contribution in [1.29, 1.82) is 0 Å². The molecule has 0 spiro atoms. The van der Waals surface area contributed by atoms with Crippen molar-refractivity contribution in [1.82, 2.24) is 15.1 Å². The molecule has 3 heteroatoms. The molecule has 0 saturated carbocycles. The normalized spacial score (nSPS) is 27.7. The lowest BCUT2D eigenvalue weighted by molar-refractivity contribution is 0.0539. The third kappa shape index (κ3) is 3.06. The first-order chi connectivity index (χ1) is 7.79. The van der Waals surface area contributed by atoms with Crippen LogP contribution in [0.2, 0.25) is 0 Å². The number of likely N-dealkylation sites (N-methyl/N-ethyl adjacent to an activating group) is 1. The van der Waals surface area contributed by atoms with E-state index in [1.165, 1.54) is 51.0 Å². The van der Waals surface area contributed by atoms with Gasteiger partial charge in [0.25, 0.3) is 0 Å². The zero-order valence-corrected chi connectivity index (χ0v) is 10.5. The van der Waals surface area contributed by atoms with Gasteiger partial charge in [-0.2, -0.15) is 0 Å². The molecule has 3 nitrogen and oxygen atoms in total. The van der Waals surface area contributed by atoms with E-state index in [0.717, 1.165) is 19.1 Å². The van der Waals surface area contributed by atoms with Crippen LogP contribution < -0.4 is 5.32 Å². The number of piperidine rings is 1. The van der Waals surface area contributed by atoms with Crippen LogP contribution in [0.1, 0.15) is 19.3 Å². The summed E-state index contributed by atoms with van der Waals surface area (Å²) in [5.74, 6) is 0. The molecule has 2 rings (SSSR count). The van der Waals surface area contributed by atoms with Gasteiger partial charge in [0.15, 0.2) is 0 Å². The summed E-state index contributed by atoms with van der Waals surface area (Å²) in [4.78, 5) is 5.26. The van der Waals surface area contributed by atoms with Crippen LogP contribution in [0.15, 0.2) is 12.2 Å². The monoisotopic (exact) mass is 223 g/mol. The van der Waals surface area contributed by atoms with Gasteiger partial charge in [-0.1, -0.05) is 13.0 Å². The van der Waals surface area contributed by atoms with Crippen LogP contribution in [0.5, 0.6) is 0 Å². The Morgan fingerprint density at radius 2 is 2.19 bits per heavy atom. The van der Waals surface area contributed by atoms with Crippen molar-refractivity contribution in [2.24, 2.45) is 0 Å². The van der Waals surface area contributed by atoms with Crippen LogP contribution in [0, 0.1) is 0 Å². The number of nitrogens with one attached hydrogen (secondary N) is 1. The molecule has 0 bridgehead atoms. The predicted molar refractivity (Wildman–Crippen MR) is 68.7 cm³/mol. The second-order valence-corrected chi connectivity index (χ2v) is 5.20. The first kappa shape index (κ1) is 12.1. The van der Waals surface area contributed by atoms with Crippen molar-refractivity contribution >= 4 is 0 Å². The topological polar surface area (TPSA) is 18.5 Å². The molecular weight excluding hydrogens is 198 g/mol. The molecule has 2 fully saturated rings. The van der Waals surface area contributed by atoms with E-state index in [-0.39, 0.29) is 0 Å². The van der Waals surface area contributed by atoms with Gasteiger partial charge in [-0.3, -0.25) is 9.80 Å². The fourth-order valence-corrected chi connectivity index (χ4v) is 2.99. The van der Waals surface area contributed by atoms with Crippen molar-refractivity contribution in [2.45, 2.75) is 25.3 Å². The highest BCUT2D eigenvalue weighted by atomic mass is 15.3. The third-order valence-electron chi connectivity index (χ3n) is 3.80. The number of rotatable bonds is 4. The molecule has 1 unspecified atom stereocenters. The second kappa shape index (κ2) is 5.80. The van der Waals surface area contributed by atoms with Crippen LogP contribution in [0.4, 0.5) is 0 Å². The van der Waals surface area contributed by atoms with E-state index in [2.05, 4.69) is 21.7 Å². The maximum absolute atomic E-state index is 4.12. The first-order valence-electron chi connectivity index (χ1n) is 6.57. The van der Waals surface area contributed by atoms with Crippen LogP contribution in [0.3, 0.4) is 0 Å². The third-order valence-corrected chi connectivity index (χ3v) is 3.80. The summed E-state index contributed by atoms with van der Waals surface area (Å²) in [5, 5.41) is 3.18. The van der Waals surface area contributed by atoms with E-state index >= 15 is 0 Å². The lowest BCUT2D eigenvalue weighted by Crippen LogP contribution is -2.55. The molecule has 0 aromatic rings. The van der Waals surface area contributed by atoms with E-state index in [4.69, 9.17) is 0 Å². The Hall–Kier alpha value is -0.380. The van der Waals surface area contributed by atoms with Gasteiger partial charge in [-0.05, 0) is 32.0 Å². The Morgan fingerprint density at radius 3 is 3.00 bits per heavy atom. The average molecular weight is 223 g/mol. The maximum Gasteiger partial charge on any atom is 0.0223 e. The fraction of sp³-hybridized carbons (Fsp3) is 0.846. The highest BCUT2D eigenvalue weighted by Crippen LogP contribution is 2.21. The molecule has 2 heterocycles. The van der Waals surface area contributed by atoms with Crippen molar-refractivity contribution in [3.05, 3.63) is 12.2 Å². The Balaban J connectivity index is 1.78. The molecule has 16 heavy (non-hydrogen) atoms. The smallest absolute Gasteiger partial charge is 0.0223 e. The number of fused-ring (bicyclic) bond motifs is 1. The summed E-state index contributed by atoms with van der Waals surface area (Å²) in [6.07, 6.45) is 4.23. The lowest BCUT2D eigenvalue weighted by Gasteiger charge is -2.44. The van der Waals surface area contributed by atoms with Crippen molar-refractivity contribution in [2.75, 3.05) is 46.3 Å². The van der Waals surface area contributed by atoms with Gasteiger partial charge in [-0.15, -0.1) is 0 Å². The first-order valence-corrected chi connectivity index (χ1v) is 6.57. The Morgan fingerprint density at radius 1 is 1.31 bits per heavy atom. The zero-order valence-electron chi connectivity index (χ0n) is 10.5. The van der Waals surface area contributed by atoms with E-state index in [0.29, 0.717) is 0 Å². The van der Waals surface area contributed by atoms with Gasteiger partial charge in [0, 0.05) is 38.8 Å². The molecule has 1 atom stereocenters. The quantitative estimate of drug-likeness (QED) is 0.715. The summed E-state index contributed by atoms with van der Waals surface area (Å²) in [7, 11) is 1.99. The number of piperazine rings is 1. The van der Waals surface area contributed by atoms with Gasteiger partial charge in [0.1, 0.15) is 0 Å². The Bertz CT molecular complexity index is 239. The number of hydrogen-bond donors (Lipinski definition) is 1. The minimum Gasteiger partial charge on any atom is -0.316 e. The minimum atomic E-state index is 0.824. The van der Waals surface area contributed by atoms with E-state index in [1.807, 2.05) is 7.05 Å². The predicted octanol–water partition coefficient (Wildman–Crippen LogP) is 0.932. The van der Waals surface area contributed by atoms with Crippen molar-refractivity contribution < 1.29 is 0 Å². The number of hydrogen-bond acceptors (Lipinski definition) is 3. The molecule has 2 aliphatic rings. The molecule has 0 aromatic heterocycles. The van der Waals surface area contributed by atoms with Gasteiger partial charge < -0.3 is 5.32 Å². The minimum absolute atomic E-state index is 0.824. The van der Waals surface area contributed by atoms with Crippen LogP contribution >= 0.6 is 0 Å². The van der Waals surface area contributed by atoms with Crippen LogP contribution in [0.25, 0.3) is 0 Å². The molecular formula is C13H25N3. The fourth-order valence-electron chi connectivity index (χ4n) is 2.99. The van der Waals surface area contributed by atoms with E-state index in [9.17, 15) is 0 Å². The summed E-state index contributed by atoms with van der Waals surface area (Å²) >= 11 is 0. The average Bonchev–Trinajstić information content (AvgIpc) is 2.29. The molecule has 2 saturated heterocycles. The molecule has 2 aliphatic heterocycles. The van der Waals surface area contributed by atoms with Crippen molar-refractivity contribution in [3.63, 3.8) is 0 Å².